The molecule has 0 bridgehead atoms. The Labute approximate surface area is 186 Å². The van der Waals surface area contributed by atoms with Crippen LogP contribution in [-0.4, -0.2) is 23.9 Å². The standard InChI is InChI=1S/C21H18IN3O4S/c22-13-7-8-15-17(11-13)30(28,29)24-20(23-15)18-19(26)14-3-1-2-4-16(14)25(21(18)27)10-9-12-5-6-12/h1-4,7-8,11-12,26H,5-6,9-10H2,(H,23,24). The van der Waals surface area contributed by atoms with Crippen molar-refractivity contribution < 1.29 is 13.5 Å². The van der Waals surface area contributed by atoms with Gasteiger partial charge in [0.15, 0.2) is 5.84 Å². The Bertz CT molecular complexity index is 1390. The zero-order valence-electron chi connectivity index (χ0n) is 15.8. The Morgan fingerprint density at radius 1 is 1.20 bits per heavy atom. The van der Waals surface area contributed by atoms with Crippen molar-refractivity contribution in [2.24, 2.45) is 10.3 Å². The third-order valence-electron chi connectivity index (χ3n) is 5.53. The van der Waals surface area contributed by atoms with E-state index in [9.17, 15) is 18.3 Å². The van der Waals surface area contributed by atoms with Gasteiger partial charge in [0, 0.05) is 15.5 Å². The minimum atomic E-state index is -4.02. The minimum Gasteiger partial charge on any atom is -0.506 e. The topological polar surface area (TPSA) is 101 Å². The van der Waals surface area contributed by atoms with Crippen molar-refractivity contribution in [3.8, 4) is 5.75 Å². The number of anilines is 1. The van der Waals surface area contributed by atoms with Crippen LogP contribution >= 0.6 is 22.6 Å². The van der Waals surface area contributed by atoms with Gasteiger partial charge in [-0.15, -0.1) is 4.40 Å². The van der Waals surface area contributed by atoms with E-state index in [2.05, 4.69) is 9.71 Å². The molecule has 30 heavy (non-hydrogen) atoms. The van der Waals surface area contributed by atoms with Gasteiger partial charge in [-0.3, -0.25) is 4.79 Å². The number of hydrogen-bond acceptors (Lipinski definition) is 5. The van der Waals surface area contributed by atoms with Crippen LogP contribution in [0.3, 0.4) is 0 Å². The molecule has 9 heteroatoms. The SMILES string of the molecule is O=c1c(C2=NS(=O)(=O)c3cc(I)ccc3N2)c(O)c2ccccc2n1CCC1CC1. The molecule has 0 amide bonds. The van der Waals surface area contributed by atoms with E-state index in [1.807, 2.05) is 28.7 Å². The number of para-hydroxylation sites is 1. The van der Waals surface area contributed by atoms with Crippen molar-refractivity contribution in [3.05, 3.63) is 62.0 Å². The molecular weight excluding hydrogens is 517 g/mol. The second-order valence-corrected chi connectivity index (χ2v) is 10.4. The quantitative estimate of drug-likeness (QED) is 0.497. The molecule has 0 spiro atoms. The van der Waals surface area contributed by atoms with Crippen molar-refractivity contribution in [3.63, 3.8) is 0 Å². The molecule has 0 unspecified atom stereocenters. The first-order chi connectivity index (χ1) is 14.3. The van der Waals surface area contributed by atoms with Crippen molar-refractivity contribution in [1.82, 2.24) is 4.57 Å². The van der Waals surface area contributed by atoms with E-state index in [1.54, 1.807) is 34.9 Å². The molecule has 1 aromatic heterocycles. The first-order valence-corrected chi connectivity index (χ1v) is 12.1. The number of aryl methyl sites for hydroxylation is 1. The first-order valence-electron chi connectivity index (χ1n) is 9.61. The van der Waals surface area contributed by atoms with Crippen LogP contribution in [-0.2, 0) is 16.6 Å². The molecule has 2 N–H and O–H groups in total. The maximum Gasteiger partial charge on any atom is 0.286 e. The molecule has 1 fully saturated rings. The first kappa shape index (κ1) is 19.6. The zero-order chi connectivity index (χ0) is 21.0. The van der Waals surface area contributed by atoms with E-state index in [1.165, 1.54) is 18.9 Å². The van der Waals surface area contributed by atoms with E-state index in [0.717, 1.165) is 9.99 Å². The van der Waals surface area contributed by atoms with Crippen LogP contribution in [0.15, 0.2) is 56.6 Å². The lowest BCUT2D eigenvalue weighted by Gasteiger charge is -2.20. The van der Waals surface area contributed by atoms with Gasteiger partial charge in [-0.25, -0.2) is 0 Å². The smallest absolute Gasteiger partial charge is 0.286 e. The highest BCUT2D eigenvalue weighted by molar-refractivity contribution is 14.1. The molecule has 3 aromatic rings. The van der Waals surface area contributed by atoms with E-state index in [-0.39, 0.29) is 22.0 Å². The van der Waals surface area contributed by atoms with Crippen LogP contribution in [0.1, 0.15) is 24.8 Å². The second kappa shape index (κ2) is 7.09. The number of rotatable bonds is 4. The highest BCUT2D eigenvalue weighted by atomic mass is 127. The third kappa shape index (κ3) is 3.29. The number of halogens is 1. The van der Waals surface area contributed by atoms with Gasteiger partial charge < -0.3 is 15.0 Å². The van der Waals surface area contributed by atoms with Gasteiger partial charge in [-0.1, -0.05) is 25.0 Å². The normalized spacial score (nSPS) is 17.3. The lowest BCUT2D eigenvalue weighted by Crippen LogP contribution is -2.32. The Morgan fingerprint density at radius 3 is 2.73 bits per heavy atom. The molecule has 1 aliphatic heterocycles. The van der Waals surface area contributed by atoms with Gasteiger partial charge in [0.25, 0.3) is 15.6 Å². The molecule has 5 rings (SSSR count). The number of nitrogens with one attached hydrogen (secondary N) is 1. The van der Waals surface area contributed by atoms with Crippen molar-refractivity contribution >= 4 is 55.0 Å². The molecule has 154 valence electrons. The van der Waals surface area contributed by atoms with Crippen molar-refractivity contribution in [2.45, 2.75) is 30.7 Å². The summed E-state index contributed by atoms with van der Waals surface area (Å²) in [6.07, 6.45) is 3.20. The molecule has 2 aromatic carbocycles. The van der Waals surface area contributed by atoms with Crippen LogP contribution in [0.5, 0.6) is 5.75 Å². The Morgan fingerprint density at radius 2 is 1.97 bits per heavy atom. The van der Waals surface area contributed by atoms with Gasteiger partial charge in [0.2, 0.25) is 0 Å². The van der Waals surface area contributed by atoms with E-state index in [4.69, 9.17) is 0 Å². The monoisotopic (exact) mass is 535 g/mol. The van der Waals surface area contributed by atoms with Crippen LogP contribution in [0.4, 0.5) is 5.69 Å². The predicted molar refractivity (Wildman–Crippen MR) is 124 cm³/mol. The molecule has 1 aliphatic carbocycles. The maximum atomic E-state index is 13.4. The summed E-state index contributed by atoms with van der Waals surface area (Å²) >= 11 is 2.03. The largest absolute Gasteiger partial charge is 0.506 e. The molecule has 7 nitrogen and oxygen atoms in total. The summed E-state index contributed by atoms with van der Waals surface area (Å²) in [7, 11) is -4.02. The van der Waals surface area contributed by atoms with Crippen molar-refractivity contribution in [2.75, 3.05) is 5.32 Å². The van der Waals surface area contributed by atoms with Gasteiger partial charge in [-0.05, 0) is 65.3 Å². The number of benzene rings is 2. The highest BCUT2D eigenvalue weighted by Crippen LogP contribution is 2.35. The van der Waals surface area contributed by atoms with E-state index < -0.39 is 15.6 Å². The summed E-state index contributed by atoms with van der Waals surface area (Å²) in [6.45, 7) is 0.506. The van der Waals surface area contributed by atoms with Crippen LogP contribution in [0, 0.1) is 9.49 Å². The van der Waals surface area contributed by atoms with Crippen molar-refractivity contribution in [1.29, 1.82) is 0 Å². The Kier molecular flexibility index (Phi) is 4.62. The van der Waals surface area contributed by atoms with Crippen LogP contribution in [0.2, 0.25) is 0 Å². The fourth-order valence-corrected chi connectivity index (χ4v) is 5.63. The number of pyridine rings is 1. The fraction of sp³-hybridized carbons (Fsp3) is 0.238. The number of aromatic nitrogens is 1. The summed E-state index contributed by atoms with van der Waals surface area (Å²) in [5.74, 6) is 0.193. The average Bonchev–Trinajstić information content (AvgIpc) is 3.53. The zero-order valence-corrected chi connectivity index (χ0v) is 18.8. The molecule has 0 radical (unpaired) electrons. The molecule has 0 saturated heterocycles. The lowest BCUT2D eigenvalue weighted by molar-refractivity contribution is 0.476. The summed E-state index contributed by atoms with van der Waals surface area (Å²) in [4.78, 5) is 13.4. The number of nitrogens with zero attached hydrogens (tertiary/aromatic N) is 2. The maximum absolute atomic E-state index is 13.4. The number of aromatic hydroxyl groups is 1. The van der Waals surface area contributed by atoms with Gasteiger partial charge in [0.05, 0.1) is 11.2 Å². The van der Waals surface area contributed by atoms with E-state index >= 15 is 0 Å². The van der Waals surface area contributed by atoms with Gasteiger partial charge >= 0.3 is 0 Å². The minimum absolute atomic E-state index is 0.0486. The average molecular weight is 535 g/mol. The Balaban J connectivity index is 1.72. The summed E-state index contributed by atoms with van der Waals surface area (Å²) in [5, 5.41) is 14.4. The molecule has 2 aliphatic rings. The third-order valence-corrected chi connectivity index (χ3v) is 7.51. The summed E-state index contributed by atoms with van der Waals surface area (Å²) in [5.41, 5.74) is 0.370. The second-order valence-electron chi connectivity index (χ2n) is 7.61. The van der Waals surface area contributed by atoms with Gasteiger partial charge in [0.1, 0.15) is 16.2 Å². The predicted octanol–water partition coefficient (Wildman–Crippen LogP) is 3.67. The number of amidine groups is 1. The number of hydrogen-bond donors (Lipinski definition) is 2. The Hall–Kier alpha value is -2.40. The number of sulfonamides is 1. The summed E-state index contributed by atoms with van der Waals surface area (Å²) < 4.78 is 31.8. The lowest BCUT2D eigenvalue weighted by atomic mass is 10.1. The molecular formula is C21H18IN3O4S. The molecule has 1 saturated carbocycles. The van der Waals surface area contributed by atoms with E-state index in [0.29, 0.717) is 29.1 Å². The number of fused-ring (bicyclic) bond motifs is 2. The summed E-state index contributed by atoms with van der Waals surface area (Å²) in [6, 6.07) is 12.0. The van der Waals surface area contributed by atoms with Gasteiger partial charge in [-0.2, -0.15) is 8.42 Å². The molecule has 0 atom stereocenters. The molecule has 2 heterocycles. The fourth-order valence-electron chi connectivity index (χ4n) is 3.78. The van der Waals surface area contributed by atoms with Crippen LogP contribution in [0.25, 0.3) is 10.9 Å². The highest BCUT2D eigenvalue weighted by Gasteiger charge is 2.30. The van der Waals surface area contributed by atoms with Crippen LogP contribution < -0.4 is 10.9 Å².